The third-order valence-electron chi connectivity index (χ3n) is 8.17. The number of fused-ring (bicyclic) bond motifs is 1. The Bertz CT molecular complexity index is 757. The van der Waals surface area contributed by atoms with Gasteiger partial charge in [-0.2, -0.15) is 0 Å². The average Bonchev–Trinajstić information content (AvgIpc) is 3.46. The number of hydrogen-bond donors (Lipinski definition) is 3. The third-order valence-corrected chi connectivity index (χ3v) is 8.17. The maximum atomic E-state index is 13.1. The van der Waals surface area contributed by atoms with Crippen LogP contribution in [0.3, 0.4) is 0 Å². The van der Waals surface area contributed by atoms with E-state index in [0.29, 0.717) is 29.0 Å². The average molecular weight is 431 g/mol. The van der Waals surface area contributed by atoms with Crippen LogP contribution < -0.4 is 20.1 Å². The van der Waals surface area contributed by atoms with Gasteiger partial charge >= 0.3 is 0 Å². The lowest BCUT2D eigenvalue weighted by Crippen LogP contribution is -2.50. The molecule has 0 aromatic heterocycles. The van der Waals surface area contributed by atoms with E-state index in [2.05, 4.69) is 17.6 Å². The van der Waals surface area contributed by atoms with Crippen molar-refractivity contribution in [2.24, 2.45) is 17.3 Å². The fourth-order valence-corrected chi connectivity index (χ4v) is 6.61. The van der Waals surface area contributed by atoms with Crippen molar-refractivity contribution in [3.05, 3.63) is 23.8 Å². The number of ether oxygens (including phenoxy) is 2. The monoisotopic (exact) mass is 430 g/mol. The molecule has 0 spiro atoms. The van der Waals surface area contributed by atoms with Gasteiger partial charge in [0, 0.05) is 18.7 Å². The third kappa shape index (κ3) is 4.42. The minimum absolute atomic E-state index is 0.00730. The van der Waals surface area contributed by atoms with E-state index in [9.17, 15) is 9.90 Å². The van der Waals surface area contributed by atoms with Gasteiger partial charge in [0.2, 0.25) is 5.91 Å². The molecule has 0 bridgehead atoms. The van der Waals surface area contributed by atoms with Crippen molar-refractivity contribution in [2.45, 2.75) is 76.5 Å². The summed E-state index contributed by atoms with van der Waals surface area (Å²) in [6.45, 7) is 2.52. The highest BCUT2D eigenvalue weighted by atomic mass is 16.5. The zero-order valence-electron chi connectivity index (χ0n) is 19.2. The van der Waals surface area contributed by atoms with Crippen LogP contribution >= 0.6 is 0 Å². The summed E-state index contributed by atoms with van der Waals surface area (Å²) in [5.74, 6) is 2.61. The number of methoxy groups -OCH3 is 2. The standard InChI is InChI=1S/C25H38N2O4/c1-16-7-6-10-25(18-8-4-5-9-18)14-21(27-23(16)25)24(29)26-15-22(28)17-11-19(30-2)13-20(12-17)31-3/h11-13,16,18,21-23,27-28H,4-10,14-15H2,1-3H3,(H,26,29). The molecule has 6 nitrogen and oxygen atoms in total. The summed E-state index contributed by atoms with van der Waals surface area (Å²) < 4.78 is 10.6. The number of nitrogens with one attached hydrogen (secondary N) is 2. The smallest absolute Gasteiger partial charge is 0.237 e. The van der Waals surface area contributed by atoms with E-state index in [1.54, 1.807) is 32.4 Å². The van der Waals surface area contributed by atoms with Crippen molar-refractivity contribution in [2.75, 3.05) is 20.8 Å². The van der Waals surface area contributed by atoms with E-state index in [1.165, 1.54) is 44.9 Å². The lowest BCUT2D eigenvalue weighted by molar-refractivity contribution is -0.123. The minimum Gasteiger partial charge on any atom is -0.497 e. The van der Waals surface area contributed by atoms with E-state index in [0.717, 1.165) is 12.3 Å². The molecule has 2 saturated carbocycles. The quantitative estimate of drug-likeness (QED) is 0.616. The maximum absolute atomic E-state index is 13.1. The summed E-state index contributed by atoms with van der Waals surface area (Å²) in [5, 5.41) is 17.4. The second-order valence-electron chi connectivity index (χ2n) is 9.89. The first-order chi connectivity index (χ1) is 15.0. The summed E-state index contributed by atoms with van der Waals surface area (Å²) in [5.41, 5.74) is 0.940. The Morgan fingerprint density at radius 1 is 1.16 bits per heavy atom. The van der Waals surface area contributed by atoms with Gasteiger partial charge in [0.25, 0.3) is 0 Å². The van der Waals surface area contributed by atoms with E-state index in [-0.39, 0.29) is 23.9 Å². The van der Waals surface area contributed by atoms with Crippen molar-refractivity contribution < 1.29 is 19.4 Å². The zero-order chi connectivity index (χ0) is 22.0. The number of carbonyl (C=O) groups excluding carboxylic acids is 1. The molecule has 1 aromatic rings. The summed E-state index contributed by atoms with van der Waals surface area (Å²) in [6, 6.07) is 5.59. The fourth-order valence-electron chi connectivity index (χ4n) is 6.61. The number of amides is 1. The number of aliphatic hydroxyl groups excluding tert-OH is 1. The highest BCUT2D eigenvalue weighted by molar-refractivity contribution is 5.82. The van der Waals surface area contributed by atoms with Crippen LogP contribution in [0, 0.1) is 17.3 Å². The first-order valence-corrected chi connectivity index (χ1v) is 11.9. The second-order valence-corrected chi connectivity index (χ2v) is 9.89. The van der Waals surface area contributed by atoms with Crippen LogP contribution in [0.1, 0.15) is 70.0 Å². The molecule has 1 saturated heterocycles. The largest absolute Gasteiger partial charge is 0.497 e. The van der Waals surface area contributed by atoms with Crippen molar-refractivity contribution in [3.63, 3.8) is 0 Å². The van der Waals surface area contributed by atoms with E-state index >= 15 is 0 Å². The van der Waals surface area contributed by atoms with Gasteiger partial charge in [0.15, 0.2) is 0 Å². The van der Waals surface area contributed by atoms with Gasteiger partial charge in [-0.1, -0.05) is 26.2 Å². The van der Waals surface area contributed by atoms with E-state index < -0.39 is 6.10 Å². The van der Waals surface area contributed by atoms with Gasteiger partial charge in [-0.05, 0) is 67.1 Å². The molecule has 1 aromatic carbocycles. The SMILES string of the molecule is COc1cc(OC)cc(C(O)CNC(=O)C2CC3(C4CCCC4)CCCC(C)C3N2)c1. The van der Waals surface area contributed by atoms with Gasteiger partial charge < -0.3 is 25.2 Å². The van der Waals surface area contributed by atoms with Crippen molar-refractivity contribution in [3.8, 4) is 11.5 Å². The number of hydrogen-bond acceptors (Lipinski definition) is 5. The Morgan fingerprint density at radius 2 is 1.84 bits per heavy atom. The van der Waals surface area contributed by atoms with Crippen molar-refractivity contribution in [1.82, 2.24) is 10.6 Å². The van der Waals surface area contributed by atoms with E-state index in [1.807, 2.05) is 0 Å². The summed E-state index contributed by atoms with van der Waals surface area (Å²) in [6.07, 6.45) is 9.18. The number of benzene rings is 1. The zero-order valence-corrected chi connectivity index (χ0v) is 19.2. The Labute approximate surface area is 186 Å². The molecule has 3 fully saturated rings. The van der Waals surface area contributed by atoms with Crippen LogP contribution in [-0.2, 0) is 4.79 Å². The second kappa shape index (κ2) is 9.37. The molecule has 1 heterocycles. The molecule has 5 unspecified atom stereocenters. The summed E-state index contributed by atoms with van der Waals surface area (Å²) >= 11 is 0. The lowest BCUT2D eigenvalue weighted by Gasteiger charge is -2.47. The Balaban J connectivity index is 1.41. The Hall–Kier alpha value is -1.79. The molecule has 172 valence electrons. The van der Waals surface area contributed by atoms with Crippen LogP contribution in [-0.4, -0.2) is 43.9 Å². The predicted octanol–water partition coefficient (Wildman–Crippen LogP) is 3.58. The first-order valence-electron chi connectivity index (χ1n) is 11.9. The van der Waals surface area contributed by atoms with Crippen LogP contribution in [0.25, 0.3) is 0 Å². The Morgan fingerprint density at radius 3 is 2.48 bits per heavy atom. The number of aliphatic hydroxyl groups is 1. The first kappa shape index (κ1) is 22.4. The molecule has 5 atom stereocenters. The van der Waals surface area contributed by atoms with Crippen molar-refractivity contribution in [1.29, 1.82) is 0 Å². The summed E-state index contributed by atoms with van der Waals surface area (Å²) in [7, 11) is 3.16. The molecular weight excluding hydrogens is 392 g/mol. The number of rotatable bonds is 7. The fraction of sp³-hybridized carbons (Fsp3) is 0.720. The molecule has 6 heteroatoms. The van der Waals surface area contributed by atoms with Crippen molar-refractivity contribution >= 4 is 5.91 Å². The molecule has 1 amide bonds. The molecule has 1 aliphatic heterocycles. The lowest BCUT2D eigenvalue weighted by atomic mass is 9.59. The topological polar surface area (TPSA) is 79.8 Å². The molecule has 3 N–H and O–H groups in total. The van der Waals surface area contributed by atoms with E-state index in [4.69, 9.17) is 9.47 Å². The maximum Gasteiger partial charge on any atom is 0.237 e. The normalized spacial score (nSPS) is 31.8. The van der Waals surface area contributed by atoms with Gasteiger partial charge in [0.1, 0.15) is 11.5 Å². The molecule has 4 rings (SSSR count). The molecule has 3 aliphatic rings. The summed E-state index contributed by atoms with van der Waals surface area (Å²) in [4.78, 5) is 13.1. The van der Waals surface area contributed by atoms with Crippen LogP contribution in [0.2, 0.25) is 0 Å². The van der Waals surface area contributed by atoms with Gasteiger partial charge in [-0.3, -0.25) is 4.79 Å². The van der Waals surface area contributed by atoms with Gasteiger partial charge in [0.05, 0.1) is 26.4 Å². The predicted molar refractivity (Wildman–Crippen MR) is 120 cm³/mol. The van der Waals surface area contributed by atoms with Crippen LogP contribution in [0.5, 0.6) is 11.5 Å². The Kier molecular flexibility index (Phi) is 6.77. The van der Waals surface area contributed by atoms with Crippen LogP contribution in [0.15, 0.2) is 18.2 Å². The highest BCUT2D eigenvalue weighted by Gasteiger charge is 2.56. The highest BCUT2D eigenvalue weighted by Crippen LogP contribution is 2.56. The molecule has 2 aliphatic carbocycles. The number of carbonyl (C=O) groups is 1. The minimum atomic E-state index is -0.820. The van der Waals surface area contributed by atoms with Crippen LogP contribution in [0.4, 0.5) is 0 Å². The molecular formula is C25H38N2O4. The van der Waals surface area contributed by atoms with Gasteiger partial charge in [-0.25, -0.2) is 0 Å². The van der Waals surface area contributed by atoms with Gasteiger partial charge in [-0.15, -0.1) is 0 Å². The molecule has 0 radical (unpaired) electrons. The molecule has 31 heavy (non-hydrogen) atoms.